The summed E-state index contributed by atoms with van der Waals surface area (Å²) >= 11 is 5.09. The van der Waals surface area contributed by atoms with Crippen molar-refractivity contribution in [2.45, 2.75) is 58.8 Å². The molecule has 0 aliphatic heterocycles. The second kappa shape index (κ2) is 7.07. The minimum Gasteiger partial charge on any atom is -0.392 e. The molecule has 0 unspecified atom stereocenters. The molecule has 1 aliphatic carbocycles. The van der Waals surface area contributed by atoms with Crippen molar-refractivity contribution < 1.29 is 4.79 Å². The van der Waals surface area contributed by atoms with Crippen LogP contribution in [0.3, 0.4) is 0 Å². The van der Waals surface area contributed by atoms with Gasteiger partial charge in [0.2, 0.25) is 5.91 Å². The van der Waals surface area contributed by atoms with Crippen LogP contribution in [0.15, 0.2) is 0 Å². The Morgan fingerprint density at radius 3 is 2.28 bits per heavy atom. The molecule has 1 aliphatic rings. The summed E-state index contributed by atoms with van der Waals surface area (Å²) in [5.74, 6) is 0.658. The molecule has 0 heterocycles. The zero-order chi connectivity index (χ0) is 13.6. The molecule has 3 N–H and O–H groups in total. The van der Waals surface area contributed by atoms with Gasteiger partial charge in [0.05, 0.1) is 10.4 Å². The van der Waals surface area contributed by atoms with Crippen LogP contribution in [0.4, 0.5) is 0 Å². The van der Waals surface area contributed by atoms with Crippen molar-refractivity contribution in [2.75, 3.05) is 6.54 Å². The first-order valence-corrected chi connectivity index (χ1v) is 7.55. The van der Waals surface area contributed by atoms with Gasteiger partial charge in [0, 0.05) is 6.54 Å². The number of hydrogen-bond donors (Lipinski definition) is 2. The van der Waals surface area contributed by atoms with E-state index in [1.165, 1.54) is 32.1 Å². The standard InChI is InChI=1S/C14H26N2OS/c1-3-14(4-2,12(15)18)13(17)16-10-11-8-6-5-7-9-11/h11H,3-10H2,1-2H3,(H2,15,18)(H,16,17). The lowest BCUT2D eigenvalue weighted by Gasteiger charge is -2.30. The lowest BCUT2D eigenvalue weighted by Crippen LogP contribution is -2.49. The minimum atomic E-state index is -0.649. The average Bonchev–Trinajstić information content (AvgIpc) is 2.39. The molecule has 0 aromatic carbocycles. The molecule has 0 atom stereocenters. The predicted molar refractivity (Wildman–Crippen MR) is 79.4 cm³/mol. The van der Waals surface area contributed by atoms with E-state index < -0.39 is 5.41 Å². The van der Waals surface area contributed by atoms with Crippen LogP contribution in [0.25, 0.3) is 0 Å². The number of nitrogens with two attached hydrogens (primary N) is 1. The van der Waals surface area contributed by atoms with Crippen molar-refractivity contribution in [3.05, 3.63) is 0 Å². The third kappa shape index (κ3) is 3.44. The van der Waals surface area contributed by atoms with Crippen molar-refractivity contribution in [3.8, 4) is 0 Å². The lowest BCUT2D eigenvalue weighted by molar-refractivity contribution is -0.128. The number of thiocarbonyl (C=S) groups is 1. The highest BCUT2D eigenvalue weighted by Gasteiger charge is 2.38. The Morgan fingerprint density at radius 1 is 1.28 bits per heavy atom. The maximum absolute atomic E-state index is 12.3. The molecule has 0 spiro atoms. The Labute approximate surface area is 116 Å². The molecule has 0 radical (unpaired) electrons. The molecule has 1 rings (SSSR count). The SMILES string of the molecule is CCC(CC)(C(=O)NCC1CCCCC1)C(N)=S. The van der Waals surface area contributed by atoms with Crippen molar-refractivity contribution in [3.63, 3.8) is 0 Å². The summed E-state index contributed by atoms with van der Waals surface area (Å²) in [5.41, 5.74) is 5.12. The van der Waals surface area contributed by atoms with Crippen molar-refractivity contribution in [1.82, 2.24) is 5.32 Å². The van der Waals surface area contributed by atoms with Crippen molar-refractivity contribution in [1.29, 1.82) is 0 Å². The molecule has 104 valence electrons. The molecule has 0 aromatic heterocycles. The summed E-state index contributed by atoms with van der Waals surface area (Å²) in [5, 5.41) is 3.07. The molecule has 1 saturated carbocycles. The van der Waals surface area contributed by atoms with Gasteiger partial charge >= 0.3 is 0 Å². The largest absolute Gasteiger partial charge is 0.392 e. The van der Waals surface area contributed by atoms with Crippen LogP contribution in [0.2, 0.25) is 0 Å². The first-order valence-electron chi connectivity index (χ1n) is 7.15. The van der Waals surface area contributed by atoms with Gasteiger partial charge in [-0.25, -0.2) is 0 Å². The highest BCUT2D eigenvalue weighted by atomic mass is 32.1. The van der Waals surface area contributed by atoms with Gasteiger partial charge in [-0.05, 0) is 31.6 Å². The number of carbonyl (C=O) groups is 1. The Kier molecular flexibility index (Phi) is 6.06. The third-order valence-electron chi connectivity index (χ3n) is 4.39. The smallest absolute Gasteiger partial charge is 0.233 e. The second-order valence-electron chi connectivity index (χ2n) is 5.37. The second-order valence-corrected chi connectivity index (χ2v) is 5.81. The van der Waals surface area contributed by atoms with Gasteiger partial charge < -0.3 is 11.1 Å². The van der Waals surface area contributed by atoms with E-state index in [0.717, 1.165) is 6.54 Å². The Balaban J connectivity index is 2.53. The number of carbonyl (C=O) groups excluding carboxylic acids is 1. The van der Waals surface area contributed by atoms with E-state index in [-0.39, 0.29) is 5.91 Å². The van der Waals surface area contributed by atoms with Crippen LogP contribution >= 0.6 is 12.2 Å². The predicted octanol–water partition coefficient (Wildman–Crippen LogP) is 2.78. The summed E-state index contributed by atoms with van der Waals surface area (Å²) in [6.45, 7) is 4.73. The van der Waals surface area contributed by atoms with E-state index >= 15 is 0 Å². The molecular weight excluding hydrogens is 244 g/mol. The van der Waals surface area contributed by atoms with E-state index in [0.29, 0.717) is 23.7 Å². The fraction of sp³-hybridized carbons (Fsp3) is 0.857. The molecule has 1 amide bonds. The number of rotatable bonds is 6. The molecule has 0 bridgehead atoms. The van der Waals surface area contributed by atoms with E-state index in [4.69, 9.17) is 18.0 Å². The molecular formula is C14H26N2OS. The lowest BCUT2D eigenvalue weighted by atomic mass is 9.81. The van der Waals surface area contributed by atoms with Crippen LogP contribution in [0.1, 0.15) is 58.8 Å². The van der Waals surface area contributed by atoms with E-state index in [1.807, 2.05) is 13.8 Å². The summed E-state index contributed by atoms with van der Waals surface area (Å²) in [6.07, 6.45) is 7.75. The van der Waals surface area contributed by atoms with Crippen LogP contribution in [0.5, 0.6) is 0 Å². The molecule has 0 aromatic rings. The Bertz CT molecular complexity index is 294. The first kappa shape index (κ1) is 15.4. The fourth-order valence-corrected chi connectivity index (χ4v) is 3.21. The maximum Gasteiger partial charge on any atom is 0.233 e. The van der Waals surface area contributed by atoms with E-state index in [1.54, 1.807) is 0 Å². The maximum atomic E-state index is 12.3. The average molecular weight is 270 g/mol. The number of nitrogens with one attached hydrogen (secondary N) is 1. The Morgan fingerprint density at radius 2 is 1.83 bits per heavy atom. The number of hydrogen-bond acceptors (Lipinski definition) is 2. The normalized spacial score (nSPS) is 17.4. The highest BCUT2D eigenvalue weighted by Crippen LogP contribution is 2.28. The van der Waals surface area contributed by atoms with Gasteiger partial charge in [-0.1, -0.05) is 45.3 Å². The molecule has 18 heavy (non-hydrogen) atoms. The zero-order valence-corrected chi connectivity index (χ0v) is 12.4. The molecule has 1 fully saturated rings. The zero-order valence-electron chi connectivity index (χ0n) is 11.6. The summed E-state index contributed by atoms with van der Waals surface area (Å²) < 4.78 is 0. The molecule has 3 nitrogen and oxygen atoms in total. The van der Waals surface area contributed by atoms with Crippen LogP contribution in [0, 0.1) is 11.3 Å². The molecule has 0 saturated heterocycles. The minimum absolute atomic E-state index is 0.0190. The molecule has 4 heteroatoms. The monoisotopic (exact) mass is 270 g/mol. The highest BCUT2D eigenvalue weighted by molar-refractivity contribution is 7.80. The van der Waals surface area contributed by atoms with Gasteiger partial charge in [-0.15, -0.1) is 0 Å². The van der Waals surface area contributed by atoms with E-state index in [9.17, 15) is 4.79 Å². The third-order valence-corrected chi connectivity index (χ3v) is 4.78. The van der Waals surface area contributed by atoms with Crippen molar-refractivity contribution >= 4 is 23.1 Å². The van der Waals surface area contributed by atoms with Gasteiger partial charge in [0.25, 0.3) is 0 Å². The van der Waals surface area contributed by atoms with E-state index in [2.05, 4.69) is 5.32 Å². The van der Waals surface area contributed by atoms with Gasteiger partial charge in [0.15, 0.2) is 0 Å². The number of amides is 1. The van der Waals surface area contributed by atoms with Gasteiger partial charge in [0.1, 0.15) is 0 Å². The quantitative estimate of drug-likeness (QED) is 0.730. The van der Waals surface area contributed by atoms with Gasteiger partial charge in [-0.3, -0.25) is 4.79 Å². The van der Waals surface area contributed by atoms with Crippen LogP contribution < -0.4 is 11.1 Å². The fourth-order valence-electron chi connectivity index (χ4n) is 2.83. The summed E-state index contributed by atoms with van der Waals surface area (Å²) in [6, 6.07) is 0. The summed E-state index contributed by atoms with van der Waals surface area (Å²) in [7, 11) is 0. The first-order chi connectivity index (χ1) is 8.56. The van der Waals surface area contributed by atoms with Crippen LogP contribution in [-0.2, 0) is 4.79 Å². The summed E-state index contributed by atoms with van der Waals surface area (Å²) in [4.78, 5) is 12.7. The van der Waals surface area contributed by atoms with Crippen molar-refractivity contribution in [2.24, 2.45) is 17.1 Å². The van der Waals surface area contributed by atoms with Gasteiger partial charge in [-0.2, -0.15) is 0 Å². The van der Waals surface area contributed by atoms with Crippen LogP contribution in [-0.4, -0.2) is 17.4 Å². The Hall–Kier alpha value is -0.640. The topological polar surface area (TPSA) is 55.1 Å².